The molecule has 16 heteroatoms. The molecule has 0 amide bonds. The smallest absolute Gasteiger partial charge is 0.726 e. The first-order chi connectivity index (χ1) is 16.9. The minimum atomic E-state index is -5.49. The Balaban J connectivity index is 0.00000380. The van der Waals surface area contributed by atoms with E-state index in [-0.39, 0.29) is 52.2 Å². The van der Waals surface area contributed by atoms with Crippen LogP contribution in [0.2, 0.25) is 0 Å². The van der Waals surface area contributed by atoms with E-state index in [0.29, 0.717) is 0 Å². The van der Waals surface area contributed by atoms with Crippen molar-refractivity contribution >= 4 is 21.4 Å². The van der Waals surface area contributed by atoms with E-state index in [0.717, 1.165) is 12.1 Å². The molecule has 5 unspecified atom stereocenters. The molecule has 37 heavy (non-hydrogen) atoms. The zero-order valence-electron chi connectivity index (χ0n) is 18.9. The number of phenols is 3. The fraction of sp³-hybridized carbons (Fsp3) is 0.286. The van der Waals surface area contributed by atoms with Crippen molar-refractivity contribution in [3.8, 4) is 34.3 Å². The van der Waals surface area contributed by atoms with Gasteiger partial charge in [-0.25, -0.2) is 8.42 Å². The normalized spacial score (nSPS) is 23.9. The summed E-state index contributed by atoms with van der Waals surface area (Å²) in [5.41, 5.74) is -1.21. The minimum Gasteiger partial charge on any atom is -0.726 e. The second kappa shape index (κ2) is 11.1. The van der Waals surface area contributed by atoms with Crippen LogP contribution in [0.4, 0.5) is 0 Å². The number of aliphatic hydroxyl groups excluding tert-OH is 3. The molecule has 0 bridgehead atoms. The first-order valence-electron chi connectivity index (χ1n) is 10.1. The van der Waals surface area contributed by atoms with Crippen molar-refractivity contribution in [3.05, 3.63) is 46.6 Å². The predicted molar refractivity (Wildman–Crippen MR) is 116 cm³/mol. The number of ether oxygens (including phenoxy) is 2. The Hall–Kier alpha value is -2.44. The Morgan fingerprint density at radius 1 is 1.00 bits per heavy atom. The van der Waals surface area contributed by atoms with Gasteiger partial charge in [0.2, 0.25) is 27.9 Å². The summed E-state index contributed by atoms with van der Waals surface area (Å²) in [4.78, 5) is 13.4. The van der Waals surface area contributed by atoms with Crippen molar-refractivity contribution < 1.29 is 91.2 Å². The topological polar surface area (TPSA) is 236 Å². The Bertz CT molecular complexity index is 1440. The van der Waals surface area contributed by atoms with Crippen molar-refractivity contribution in [2.45, 2.75) is 30.7 Å². The average Bonchev–Trinajstić information content (AvgIpc) is 2.79. The summed E-state index contributed by atoms with van der Waals surface area (Å²) >= 11 is 0. The molecule has 0 spiro atoms. The summed E-state index contributed by atoms with van der Waals surface area (Å²) in [6, 6.07) is 6.96. The van der Waals surface area contributed by atoms with Crippen LogP contribution in [0.3, 0.4) is 0 Å². The number of aliphatic hydroxyl groups is 3. The van der Waals surface area contributed by atoms with Crippen LogP contribution in [-0.2, 0) is 19.3 Å². The largest absolute Gasteiger partial charge is 1.00 e. The fourth-order valence-corrected chi connectivity index (χ4v) is 4.16. The molecule has 0 radical (unpaired) electrons. The second-order valence-electron chi connectivity index (χ2n) is 7.77. The van der Waals surface area contributed by atoms with E-state index in [2.05, 4.69) is 4.18 Å². The maximum atomic E-state index is 13.4. The average molecular weight is 550 g/mol. The molecule has 1 fully saturated rings. The van der Waals surface area contributed by atoms with Gasteiger partial charge < -0.3 is 49.1 Å². The number of hydrogen-bond donors (Lipinski definition) is 6. The van der Waals surface area contributed by atoms with Crippen LogP contribution in [0.15, 0.2) is 45.6 Å². The van der Waals surface area contributed by atoms with Crippen molar-refractivity contribution in [1.29, 1.82) is 0 Å². The number of aromatic hydroxyl groups is 3. The number of phenolic OH excluding ortho intramolecular Hbond substituents is 3. The number of hydrogen-bond acceptors (Lipinski definition) is 14. The molecule has 194 valence electrons. The van der Waals surface area contributed by atoms with Crippen molar-refractivity contribution in [2.24, 2.45) is 0 Å². The molecule has 4 rings (SSSR count). The third-order valence-corrected chi connectivity index (χ3v) is 5.79. The number of benzene rings is 2. The molecule has 3 aromatic rings. The third-order valence-electron chi connectivity index (χ3n) is 5.33. The van der Waals surface area contributed by atoms with Gasteiger partial charge in [-0.05, 0) is 24.3 Å². The maximum absolute atomic E-state index is 13.4. The van der Waals surface area contributed by atoms with Gasteiger partial charge in [0.05, 0.1) is 6.61 Å². The maximum Gasteiger partial charge on any atom is 1.00 e. The first-order valence-corrected chi connectivity index (χ1v) is 11.5. The Morgan fingerprint density at radius 2 is 1.65 bits per heavy atom. The Morgan fingerprint density at radius 3 is 2.24 bits per heavy atom. The molecule has 6 N–H and O–H groups in total. The molecule has 14 nitrogen and oxygen atoms in total. The molecule has 1 aliphatic rings. The molecule has 5 atom stereocenters. The molecule has 0 aliphatic carbocycles. The van der Waals surface area contributed by atoms with Crippen LogP contribution in [-0.4, -0.2) is 80.9 Å². The quantitative estimate of drug-likeness (QED) is 0.0982. The van der Waals surface area contributed by atoms with Gasteiger partial charge in [0.25, 0.3) is 0 Å². The molecular weight excluding hydrogens is 531 g/mol. The Kier molecular flexibility index (Phi) is 8.75. The minimum absolute atomic E-state index is 0. The summed E-state index contributed by atoms with van der Waals surface area (Å²) in [6.45, 7) is -0.883. The fourth-order valence-electron chi connectivity index (χ4n) is 3.68. The zero-order valence-corrected chi connectivity index (χ0v) is 21.7. The summed E-state index contributed by atoms with van der Waals surface area (Å²) < 4.78 is 54.5. The van der Waals surface area contributed by atoms with Crippen molar-refractivity contribution in [1.82, 2.24) is 0 Å². The molecule has 1 aromatic heterocycles. The van der Waals surface area contributed by atoms with Gasteiger partial charge in [-0.3, -0.25) is 8.98 Å². The monoisotopic (exact) mass is 550 g/mol. The zero-order chi connectivity index (χ0) is 26.4. The van der Waals surface area contributed by atoms with Gasteiger partial charge in [-0.2, -0.15) is 0 Å². The summed E-state index contributed by atoms with van der Waals surface area (Å²) in [5, 5.41) is 59.0. The SMILES string of the molecule is O=c1c(OC2OC(CO)C(O)C(O)C2OS(=O)(=O)[O-])c(-c2ccc(O)cc2)oc2cc(O)cc(O)c12.[Na+]. The van der Waals surface area contributed by atoms with Gasteiger partial charge in [0.1, 0.15) is 46.5 Å². The van der Waals surface area contributed by atoms with Gasteiger partial charge in [-0.15, -0.1) is 0 Å². The summed E-state index contributed by atoms with van der Waals surface area (Å²) in [5.74, 6) is -2.38. The second-order valence-corrected chi connectivity index (χ2v) is 8.78. The van der Waals surface area contributed by atoms with Crippen LogP contribution >= 0.6 is 0 Å². The molecule has 1 saturated heterocycles. The van der Waals surface area contributed by atoms with E-state index in [1.165, 1.54) is 24.3 Å². The molecule has 2 aromatic carbocycles. The van der Waals surface area contributed by atoms with E-state index in [1.54, 1.807) is 0 Å². The van der Waals surface area contributed by atoms with E-state index >= 15 is 0 Å². The van der Waals surface area contributed by atoms with Gasteiger partial charge in [0.15, 0.2) is 11.9 Å². The van der Waals surface area contributed by atoms with Crippen LogP contribution in [0, 0.1) is 0 Å². The summed E-state index contributed by atoms with van der Waals surface area (Å²) in [6.07, 6.45) is -9.84. The van der Waals surface area contributed by atoms with E-state index in [1.807, 2.05) is 0 Å². The number of fused-ring (bicyclic) bond motifs is 1. The molecule has 0 saturated carbocycles. The van der Waals surface area contributed by atoms with E-state index < -0.39 is 75.8 Å². The molecule has 1 aliphatic heterocycles. The number of rotatable bonds is 6. The first kappa shape index (κ1) is 29.1. The van der Waals surface area contributed by atoms with Crippen LogP contribution in [0.1, 0.15) is 0 Å². The van der Waals surface area contributed by atoms with Crippen molar-refractivity contribution in [2.75, 3.05) is 6.61 Å². The van der Waals surface area contributed by atoms with Crippen LogP contribution in [0.5, 0.6) is 23.0 Å². The van der Waals surface area contributed by atoms with E-state index in [4.69, 9.17) is 13.9 Å². The van der Waals surface area contributed by atoms with Gasteiger partial charge in [0, 0.05) is 17.7 Å². The standard InChI is InChI=1S/C21H20O14S.Na/c22-7-13-15(26)17(28)20(35-36(29,30)31)21(33-13)34-19-16(27)14-11(25)5-10(24)6-12(14)32-18(19)8-1-3-9(23)4-2-8;/h1-6,13,15,17,20-26,28H,7H2,(H,29,30,31);/q;+1/p-1. The molecular formula is C21H19NaO14S. The van der Waals surface area contributed by atoms with Gasteiger partial charge in [-0.1, -0.05) is 0 Å². The van der Waals surface area contributed by atoms with Crippen molar-refractivity contribution in [3.63, 3.8) is 0 Å². The Labute approximate surface area is 230 Å². The van der Waals surface area contributed by atoms with Crippen LogP contribution < -0.4 is 39.7 Å². The van der Waals surface area contributed by atoms with Gasteiger partial charge >= 0.3 is 29.6 Å². The third kappa shape index (κ3) is 6.01. The van der Waals surface area contributed by atoms with E-state index in [9.17, 15) is 48.4 Å². The molecule has 2 heterocycles. The predicted octanol–water partition coefficient (Wildman–Crippen LogP) is -3.76. The summed E-state index contributed by atoms with van der Waals surface area (Å²) in [7, 11) is -5.49. The van der Waals surface area contributed by atoms with Crippen LogP contribution in [0.25, 0.3) is 22.3 Å².